The van der Waals surface area contributed by atoms with E-state index in [1.807, 2.05) is 0 Å². The van der Waals surface area contributed by atoms with E-state index >= 15 is 0 Å². The fourth-order valence-corrected chi connectivity index (χ4v) is 0. The molecule has 0 unspecified atom stereocenters. The normalized spacial score (nSPS) is 3.00. The molecule has 7 nitrogen and oxygen atoms in total. The molecule has 0 rings (SSSR count). The van der Waals surface area contributed by atoms with Gasteiger partial charge in [-0.1, -0.05) is 0 Å². The zero-order valence-electron chi connectivity index (χ0n) is 3.47. The summed E-state index contributed by atoms with van der Waals surface area (Å²) in [6.07, 6.45) is 0. The predicted molar refractivity (Wildman–Crippen MR) is 21.2 cm³/mol. The van der Waals surface area contributed by atoms with Crippen molar-refractivity contribution < 1.29 is 38.6 Å². The van der Waals surface area contributed by atoms with Gasteiger partial charge < -0.3 is 31.8 Å². The van der Waals surface area contributed by atoms with Crippen LogP contribution in [0.25, 0.3) is 0 Å². The van der Waals surface area contributed by atoms with Crippen LogP contribution in [0.3, 0.4) is 0 Å². The third-order valence-electron chi connectivity index (χ3n) is 0. The van der Waals surface area contributed by atoms with Gasteiger partial charge in [-0.3, -0.25) is 0 Å². The van der Waals surface area contributed by atoms with Gasteiger partial charge in [0.2, 0.25) is 0 Å². The van der Waals surface area contributed by atoms with Gasteiger partial charge in [-0.05, 0) is 0 Å². The minimum Gasteiger partial charge on any atom is -0.412 e. The van der Waals surface area contributed by atoms with E-state index in [1.165, 1.54) is 0 Å². The standard InChI is InChI=1S/Cu.NO3.3H2O/c;2-1(3)4;;;/h;;3*1H2/q+1;-1;;;. The van der Waals surface area contributed by atoms with Crippen molar-refractivity contribution in [2.24, 2.45) is 0 Å². The largest absolute Gasteiger partial charge is 1.00 e. The molecule has 0 radical (unpaired) electrons. The van der Waals surface area contributed by atoms with Crippen molar-refractivity contribution in [3.05, 3.63) is 15.3 Å². The van der Waals surface area contributed by atoms with Gasteiger partial charge >= 0.3 is 17.1 Å². The summed E-state index contributed by atoms with van der Waals surface area (Å²) in [5.74, 6) is 0. The van der Waals surface area contributed by atoms with E-state index in [0.717, 1.165) is 0 Å². The molecule has 0 atom stereocenters. The Bertz CT molecular complexity index is 31.5. The van der Waals surface area contributed by atoms with Crippen molar-refractivity contribution in [3.63, 3.8) is 0 Å². The van der Waals surface area contributed by atoms with Crippen LogP contribution < -0.4 is 0 Å². The first kappa shape index (κ1) is 49.0. The second kappa shape index (κ2) is 30.6. The molecular formula is H6CuNO6. The van der Waals surface area contributed by atoms with Gasteiger partial charge in [-0.15, -0.1) is 0 Å². The van der Waals surface area contributed by atoms with Crippen molar-refractivity contribution in [2.45, 2.75) is 0 Å². The zero-order valence-corrected chi connectivity index (χ0v) is 4.42. The Balaban J connectivity index is -0.00000000750. The molecule has 0 amide bonds. The van der Waals surface area contributed by atoms with Crippen molar-refractivity contribution in [2.75, 3.05) is 0 Å². The van der Waals surface area contributed by atoms with E-state index in [4.69, 9.17) is 15.3 Å². The Labute approximate surface area is 54.8 Å². The van der Waals surface area contributed by atoms with Crippen LogP contribution >= 0.6 is 0 Å². The zero-order chi connectivity index (χ0) is 3.58. The van der Waals surface area contributed by atoms with Crippen molar-refractivity contribution in [1.29, 1.82) is 0 Å². The van der Waals surface area contributed by atoms with Gasteiger partial charge in [0.05, 0.1) is 5.09 Å². The van der Waals surface area contributed by atoms with E-state index in [9.17, 15) is 0 Å². The maximum atomic E-state index is 8.25. The predicted octanol–water partition coefficient (Wildman–Crippen LogP) is -2.72. The van der Waals surface area contributed by atoms with Crippen LogP contribution in [0.15, 0.2) is 0 Å². The molecule has 0 aromatic rings. The van der Waals surface area contributed by atoms with E-state index in [0.29, 0.717) is 0 Å². The molecule has 0 bridgehead atoms. The van der Waals surface area contributed by atoms with Gasteiger partial charge in [0, 0.05) is 0 Å². The van der Waals surface area contributed by atoms with Gasteiger partial charge in [-0.2, -0.15) is 0 Å². The van der Waals surface area contributed by atoms with Crippen LogP contribution in [0.2, 0.25) is 0 Å². The second-order valence-corrected chi connectivity index (χ2v) is 0.224. The van der Waals surface area contributed by atoms with Crippen LogP contribution in [0.5, 0.6) is 0 Å². The van der Waals surface area contributed by atoms with Crippen LogP contribution in [0, 0.1) is 15.3 Å². The smallest absolute Gasteiger partial charge is 0.412 e. The monoisotopic (exact) mass is 179 g/mol. The molecule has 0 aliphatic rings. The molecule has 6 N–H and O–H groups in total. The van der Waals surface area contributed by atoms with Gasteiger partial charge in [-0.25, -0.2) is 0 Å². The Morgan fingerprint density at radius 3 is 1.00 bits per heavy atom. The average molecular weight is 180 g/mol. The van der Waals surface area contributed by atoms with Gasteiger partial charge in [0.25, 0.3) is 0 Å². The molecule has 0 aliphatic heterocycles. The number of hydrogen-bond acceptors (Lipinski definition) is 3. The summed E-state index contributed by atoms with van der Waals surface area (Å²) < 4.78 is 0. The fraction of sp³-hybridized carbons (Fsp3) is 0. The third kappa shape index (κ3) is 738. The number of nitrogens with zero attached hydrogens (tertiary/aromatic N) is 1. The first-order valence-electron chi connectivity index (χ1n) is 0.548. The Morgan fingerprint density at radius 1 is 1.00 bits per heavy atom. The van der Waals surface area contributed by atoms with Crippen molar-refractivity contribution >= 4 is 0 Å². The topological polar surface area (TPSA) is 161 Å². The molecule has 0 spiro atoms. The molecule has 0 aromatic heterocycles. The van der Waals surface area contributed by atoms with Crippen LogP contribution in [-0.2, 0) is 17.1 Å². The summed E-state index contributed by atoms with van der Waals surface area (Å²) >= 11 is 0. The molecule has 0 heterocycles. The van der Waals surface area contributed by atoms with Crippen molar-refractivity contribution in [3.8, 4) is 0 Å². The second-order valence-electron chi connectivity index (χ2n) is 0.224. The summed E-state index contributed by atoms with van der Waals surface area (Å²) in [5, 5.41) is 14.8. The molecule has 0 fully saturated rings. The molecule has 58 valence electrons. The average Bonchev–Trinajstić information content (AvgIpc) is 0.811. The first-order valence-corrected chi connectivity index (χ1v) is 0.548. The quantitative estimate of drug-likeness (QED) is 0.225. The molecule has 0 aromatic carbocycles. The van der Waals surface area contributed by atoms with Crippen LogP contribution in [0.4, 0.5) is 0 Å². The van der Waals surface area contributed by atoms with E-state index in [-0.39, 0.29) is 33.5 Å². The number of rotatable bonds is 0. The summed E-state index contributed by atoms with van der Waals surface area (Å²) in [4.78, 5) is 8.25. The van der Waals surface area contributed by atoms with Crippen LogP contribution in [-0.4, -0.2) is 21.5 Å². The van der Waals surface area contributed by atoms with E-state index in [1.54, 1.807) is 0 Å². The molecule has 8 heteroatoms. The van der Waals surface area contributed by atoms with E-state index in [2.05, 4.69) is 0 Å². The minimum absolute atomic E-state index is 0. The Morgan fingerprint density at radius 2 is 1.00 bits per heavy atom. The minimum atomic E-state index is -1.75. The fourth-order valence-electron chi connectivity index (χ4n) is 0. The van der Waals surface area contributed by atoms with Crippen LogP contribution in [0.1, 0.15) is 0 Å². The summed E-state index contributed by atoms with van der Waals surface area (Å²) in [6.45, 7) is 0. The molecule has 0 saturated heterocycles. The van der Waals surface area contributed by atoms with Crippen molar-refractivity contribution in [1.82, 2.24) is 0 Å². The molecule has 8 heavy (non-hydrogen) atoms. The molecular weight excluding hydrogens is 174 g/mol. The maximum absolute atomic E-state index is 8.25. The summed E-state index contributed by atoms with van der Waals surface area (Å²) in [6, 6.07) is 0. The van der Waals surface area contributed by atoms with Gasteiger partial charge in [0.1, 0.15) is 0 Å². The van der Waals surface area contributed by atoms with E-state index < -0.39 is 5.09 Å². The SMILES string of the molecule is O.O.O.O=[N+]([O-])[O-].[Cu+]. The van der Waals surface area contributed by atoms with Gasteiger partial charge in [0.15, 0.2) is 0 Å². The first-order chi connectivity index (χ1) is 1.73. The summed E-state index contributed by atoms with van der Waals surface area (Å²) in [7, 11) is 0. The third-order valence-corrected chi connectivity index (χ3v) is 0. The Hall–Kier alpha value is -0.401. The number of hydrogen-bond donors (Lipinski definition) is 0. The molecule has 0 saturated carbocycles. The Kier molecular flexibility index (Phi) is 187. The maximum Gasteiger partial charge on any atom is 1.00 e. The molecule has 0 aliphatic carbocycles. The summed E-state index contributed by atoms with van der Waals surface area (Å²) in [5.41, 5.74) is 0.